The number of piperidine rings is 1. The average Bonchev–Trinajstić information content (AvgIpc) is 3.05. The highest BCUT2D eigenvalue weighted by atomic mass is 19.2. The number of rotatable bonds is 2. The first-order valence-electron chi connectivity index (χ1n) is 7.13. The molecule has 2 aromatic rings. The minimum atomic E-state index is -0.977. The Morgan fingerprint density at radius 3 is 2.64 bits per heavy atom. The molecule has 3 rings (SSSR count). The number of aromatic nitrogens is 2. The van der Waals surface area contributed by atoms with Crippen LogP contribution in [-0.2, 0) is 0 Å². The SMILES string of the molecule is O=C(Nc1ccc(F)c(F)c1)N1CCC(n2cccn2)CC1. The monoisotopic (exact) mass is 306 g/mol. The first-order valence-corrected chi connectivity index (χ1v) is 7.13. The van der Waals surface area contributed by atoms with Crippen LogP contribution < -0.4 is 5.32 Å². The average molecular weight is 306 g/mol. The van der Waals surface area contributed by atoms with Gasteiger partial charge in [0.25, 0.3) is 0 Å². The first-order chi connectivity index (χ1) is 10.6. The highest BCUT2D eigenvalue weighted by molar-refractivity contribution is 5.89. The predicted octanol–water partition coefficient (Wildman–Crippen LogP) is 3.03. The highest BCUT2D eigenvalue weighted by Crippen LogP contribution is 2.22. The highest BCUT2D eigenvalue weighted by Gasteiger charge is 2.24. The number of carbonyl (C=O) groups is 1. The number of likely N-dealkylation sites (tertiary alicyclic amines) is 1. The molecule has 116 valence electrons. The number of nitrogens with one attached hydrogen (secondary N) is 1. The Morgan fingerprint density at radius 2 is 2.00 bits per heavy atom. The number of halogens is 2. The molecule has 0 atom stereocenters. The molecule has 0 bridgehead atoms. The van der Waals surface area contributed by atoms with E-state index in [1.807, 2.05) is 16.9 Å². The quantitative estimate of drug-likeness (QED) is 0.927. The van der Waals surface area contributed by atoms with Crippen molar-refractivity contribution in [1.82, 2.24) is 14.7 Å². The molecule has 1 fully saturated rings. The van der Waals surface area contributed by atoms with Gasteiger partial charge in [0.1, 0.15) is 0 Å². The molecule has 1 aliphatic rings. The van der Waals surface area contributed by atoms with Crippen molar-refractivity contribution in [3.8, 4) is 0 Å². The Kier molecular flexibility index (Phi) is 4.04. The standard InChI is InChI=1S/C15H16F2N4O/c16-13-3-2-11(10-14(13)17)19-15(22)20-8-4-12(5-9-20)21-7-1-6-18-21/h1-3,6-7,10,12H,4-5,8-9H2,(H,19,22). The van der Waals surface area contributed by atoms with Crippen LogP contribution in [-0.4, -0.2) is 33.8 Å². The summed E-state index contributed by atoms with van der Waals surface area (Å²) in [6.45, 7) is 1.19. The molecule has 0 radical (unpaired) electrons. The van der Waals surface area contributed by atoms with Gasteiger partial charge < -0.3 is 10.2 Å². The van der Waals surface area contributed by atoms with Crippen LogP contribution in [0.2, 0.25) is 0 Å². The molecule has 0 saturated carbocycles. The summed E-state index contributed by atoms with van der Waals surface area (Å²) in [5.74, 6) is -1.91. The summed E-state index contributed by atoms with van der Waals surface area (Å²) in [6.07, 6.45) is 5.28. The third kappa shape index (κ3) is 3.08. The first kappa shape index (κ1) is 14.5. The van der Waals surface area contributed by atoms with Crippen molar-refractivity contribution in [2.75, 3.05) is 18.4 Å². The van der Waals surface area contributed by atoms with Crippen molar-refractivity contribution >= 4 is 11.7 Å². The molecule has 1 aliphatic heterocycles. The number of carbonyl (C=O) groups excluding carboxylic acids is 1. The Morgan fingerprint density at radius 1 is 1.23 bits per heavy atom. The molecule has 0 aliphatic carbocycles. The Labute approximate surface area is 126 Å². The predicted molar refractivity (Wildman–Crippen MR) is 77.4 cm³/mol. The lowest BCUT2D eigenvalue weighted by Gasteiger charge is -2.32. The largest absolute Gasteiger partial charge is 0.324 e. The van der Waals surface area contributed by atoms with Crippen molar-refractivity contribution < 1.29 is 13.6 Å². The Bertz CT molecular complexity index is 652. The Balaban J connectivity index is 1.56. The van der Waals surface area contributed by atoms with Crippen LogP contribution in [0, 0.1) is 11.6 Å². The van der Waals surface area contributed by atoms with Gasteiger partial charge >= 0.3 is 6.03 Å². The normalized spacial score (nSPS) is 15.8. The summed E-state index contributed by atoms with van der Waals surface area (Å²) in [6, 6.07) is 5.18. The van der Waals surface area contributed by atoms with Crippen molar-refractivity contribution in [2.24, 2.45) is 0 Å². The zero-order valence-corrected chi connectivity index (χ0v) is 11.9. The molecule has 1 saturated heterocycles. The minimum absolute atomic E-state index is 0.248. The molecule has 1 aromatic carbocycles. The molecule has 22 heavy (non-hydrogen) atoms. The van der Waals surface area contributed by atoms with Crippen LogP contribution in [0.25, 0.3) is 0 Å². The van der Waals surface area contributed by atoms with Gasteiger partial charge in [-0.1, -0.05) is 0 Å². The molecule has 1 aromatic heterocycles. The number of amides is 2. The van der Waals surface area contributed by atoms with E-state index < -0.39 is 11.6 Å². The summed E-state index contributed by atoms with van der Waals surface area (Å²) in [7, 11) is 0. The number of hydrogen-bond donors (Lipinski definition) is 1. The second-order valence-electron chi connectivity index (χ2n) is 5.26. The lowest BCUT2D eigenvalue weighted by atomic mass is 10.1. The summed E-state index contributed by atoms with van der Waals surface area (Å²) < 4.78 is 27.9. The van der Waals surface area contributed by atoms with E-state index in [1.54, 1.807) is 11.1 Å². The van der Waals surface area contributed by atoms with Gasteiger partial charge in [-0.15, -0.1) is 0 Å². The van der Waals surface area contributed by atoms with Crippen LogP contribution in [0.1, 0.15) is 18.9 Å². The molecule has 1 N–H and O–H groups in total. The maximum absolute atomic E-state index is 13.1. The van der Waals surface area contributed by atoms with Crippen molar-refractivity contribution in [3.05, 3.63) is 48.3 Å². The van der Waals surface area contributed by atoms with E-state index in [0.717, 1.165) is 25.0 Å². The molecule has 0 unspecified atom stereocenters. The fourth-order valence-electron chi connectivity index (χ4n) is 2.61. The zero-order valence-electron chi connectivity index (χ0n) is 11.9. The maximum Gasteiger partial charge on any atom is 0.321 e. The van der Waals surface area contributed by atoms with Gasteiger partial charge in [-0.2, -0.15) is 5.10 Å². The summed E-state index contributed by atoms with van der Waals surface area (Å²) >= 11 is 0. The lowest BCUT2D eigenvalue weighted by molar-refractivity contribution is 0.180. The topological polar surface area (TPSA) is 50.2 Å². The lowest BCUT2D eigenvalue weighted by Crippen LogP contribution is -2.41. The summed E-state index contributed by atoms with van der Waals surface area (Å²) in [5.41, 5.74) is 0.248. The number of hydrogen-bond acceptors (Lipinski definition) is 2. The van der Waals surface area contributed by atoms with Crippen LogP contribution in [0.15, 0.2) is 36.7 Å². The van der Waals surface area contributed by atoms with Gasteiger partial charge in [0.05, 0.1) is 6.04 Å². The number of urea groups is 1. The van der Waals surface area contributed by atoms with E-state index in [0.29, 0.717) is 19.1 Å². The molecule has 5 nitrogen and oxygen atoms in total. The number of nitrogens with zero attached hydrogens (tertiary/aromatic N) is 3. The van der Waals surface area contributed by atoms with E-state index in [4.69, 9.17) is 0 Å². The van der Waals surface area contributed by atoms with Gasteiger partial charge in [0.2, 0.25) is 0 Å². The smallest absolute Gasteiger partial charge is 0.321 e. The van der Waals surface area contributed by atoms with E-state index in [1.165, 1.54) is 6.07 Å². The van der Waals surface area contributed by atoms with E-state index in [-0.39, 0.29) is 11.7 Å². The van der Waals surface area contributed by atoms with Crippen LogP contribution >= 0.6 is 0 Å². The Hall–Kier alpha value is -2.44. The van der Waals surface area contributed by atoms with Crippen molar-refractivity contribution in [3.63, 3.8) is 0 Å². The molecular formula is C15H16F2N4O. The third-order valence-corrected chi connectivity index (χ3v) is 3.82. The zero-order chi connectivity index (χ0) is 15.5. The van der Waals surface area contributed by atoms with E-state index in [2.05, 4.69) is 10.4 Å². The van der Waals surface area contributed by atoms with Crippen LogP contribution in [0.3, 0.4) is 0 Å². The number of anilines is 1. The molecule has 2 amide bonds. The third-order valence-electron chi connectivity index (χ3n) is 3.82. The van der Waals surface area contributed by atoms with Gasteiger partial charge in [0.15, 0.2) is 11.6 Å². The van der Waals surface area contributed by atoms with Gasteiger partial charge in [-0.05, 0) is 31.0 Å². The summed E-state index contributed by atoms with van der Waals surface area (Å²) in [4.78, 5) is 13.8. The maximum atomic E-state index is 13.1. The second kappa shape index (κ2) is 6.13. The van der Waals surface area contributed by atoms with E-state index >= 15 is 0 Å². The van der Waals surface area contributed by atoms with Crippen LogP contribution in [0.4, 0.5) is 19.3 Å². The summed E-state index contributed by atoms with van der Waals surface area (Å²) in [5, 5.41) is 6.80. The fourth-order valence-corrected chi connectivity index (χ4v) is 2.61. The van der Waals surface area contributed by atoms with Gasteiger partial charge in [0, 0.05) is 37.2 Å². The molecular weight excluding hydrogens is 290 g/mol. The van der Waals surface area contributed by atoms with Crippen molar-refractivity contribution in [2.45, 2.75) is 18.9 Å². The fraction of sp³-hybridized carbons (Fsp3) is 0.333. The van der Waals surface area contributed by atoms with Gasteiger partial charge in [-0.3, -0.25) is 4.68 Å². The number of benzene rings is 1. The van der Waals surface area contributed by atoms with Crippen molar-refractivity contribution in [1.29, 1.82) is 0 Å². The molecule has 2 heterocycles. The molecule has 7 heteroatoms. The van der Waals surface area contributed by atoms with Gasteiger partial charge in [-0.25, -0.2) is 13.6 Å². The molecule has 0 spiro atoms. The van der Waals surface area contributed by atoms with Crippen LogP contribution in [0.5, 0.6) is 0 Å². The minimum Gasteiger partial charge on any atom is -0.324 e. The second-order valence-corrected chi connectivity index (χ2v) is 5.26. The van der Waals surface area contributed by atoms with E-state index in [9.17, 15) is 13.6 Å².